The smallest absolute Gasteiger partial charge is 0.0521 e. The van der Waals surface area contributed by atoms with E-state index >= 15 is 0 Å². The van der Waals surface area contributed by atoms with Gasteiger partial charge < -0.3 is 10.2 Å². The zero-order valence-corrected chi connectivity index (χ0v) is 9.70. The molecule has 0 bridgehead atoms. The number of aliphatic hydroxyl groups is 2. The molecular formula is C13H20O2. The quantitative estimate of drug-likeness (QED) is 0.798. The third kappa shape index (κ3) is 3.05. The molecule has 0 fully saturated rings. The summed E-state index contributed by atoms with van der Waals surface area (Å²) in [5.41, 5.74) is 2.40. The highest BCUT2D eigenvalue weighted by atomic mass is 16.3. The molecule has 1 aromatic rings. The Morgan fingerprint density at radius 2 is 1.47 bits per heavy atom. The molecule has 0 saturated heterocycles. The van der Waals surface area contributed by atoms with E-state index in [0.29, 0.717) is 0 Å². The summed E-state index contributed by atoms with van der Waals surface area (Å²) in [5, 5.41) is 18.1. The average Bonchev–Trinajstić information content (AvgIpc) is 2.19. The fraction of sp³-hybridized carbons (Fsp3) is 0.538. The highest BCUT2D eigenvalue weighted by Crippen LogP contribution is 2.24. The van der Waals surface area contributed by atoms with Crippen LogP contribution in [0.2, 0.25) is 0 Å². The van der Waals surface area contributed by atoms with E-state index in [1.807, 2.05) is 12.1 Å². The van der Waals surface area contributed by atoms with Gasteiger partial charge in [-0.25, -0.2) is 0 Å². The van der Waals surface area contributed by atoms with Crippen LogP contribution in [-0.4, -0.2) is 23.4 Å². The van der Waals surface area contributed by atoms with Crippen LogP contribution in [0.15, 0.2) is 24.3 Å². The number of rotatable bonds is 3. The average molecular weight is 208 g/mol. The molecule has 84 valence electrons. The van der Waals surface area contributed by atoms with Gasteiger partial charge in [0.1, 0.15) is 0 Å². The van der Waals surface area contributed by atoms with Gasteiger partial charge in [-0.05, 0) is 16.5 Å². The van der Waals surface area contributed by atoms with Gasteiger partial charge in [-0.15, -0.1) is 0 Å². The molecule has 2 nitrogen and oxygen atoms in total. The topological polar surface area (TPSA) is 40.5 Å². The minimum Gasteiger partial charge on any atom is -0.396 e. The van der Waals surface area contributed by atoms with Crippen molar-refractivity contribution in [1.82, 2.24) is 0 Å². The van der Waals surface area contributed by atoms with E-state index in [9.17, 15) is 0 Å². The number of hydrogen-bond donors (Lipinski definition) is 2. The van der Waals surface area contributed by atoms with Gasteiger partial charge in [-0.3, -0.25) is 0 Å². The van der Waals surface area contributed by atoms with Gasteiger partial charge in [-0.1, -0.05) is 45.0 Å². The zero-order chi connectivity index (χ0) is 11.5. The Balaban J connectivity index is 2.89. The molecule has 2 N–H and O–H groups in total. The van der Waals surface area contributed by atoms with Crippen LogP contribution in [0.1, 0.15) is 37.8 Å². The maximum absolute atomic E-state index is 9.05. The molecule has 0 saturated carbocycles. The van der Waals surface area contributed by atoms with Crippen LogP contribution in [0.25, 0.3) is 0 Å². The molecule has 0 radical (unpaired) electrons. The predicted molar refractivity (Wildman–Crippen MR) is 62.1 cm³/mol. The van der Waals surface area contributed by atoms with E-state index in [-0.39, 0.29) is 24.5 Å². The summed E-state index contributed by atoms with van der Waals surface area (Å²) in [6, 6.07) is 8.09. The molecule has 15 heavy (non-hydrogen) atoms. The highest BCUT2D eigenvalue weighted by Gasteiger charge is 2.14. The summed E-state index contributed by atoms with van der Waals surface area (Å²) in [6.07, 6.45) is 0. The summed E-state index contributed by atoms with van der Waals surface area (Å²) in [6.45, 7) is 6.48. The Morgan fingerprint density at radius 3 is 1.80 bits per heavy atom. The van der Waals surface area contributed by atoms with Crippen LogP contribution in [0.5, 0.6) is 0 Å². The number of benzene rings is 1. The SMILES string of the molecule is CC(C)(C)c1ccc(C(CO)CO)cc1. The predicted octanol–water partition coefficient (Wildman–Crippen LogP) is 2.05. The summed E-state index contributed by atoms with van der Waals surface area (Å²) in [5.74, 6) is -0.154. The monoisotopic (exact) mass is 208 g/mol. The van der Waals surface area contributed by atoms with Crippen LogP contribution >= 0.6 is 0 Å². The molecule has 0 unspecified atom stereocenters. The van der Waals surface area contributed by atoms with Gasteiger partial charge in [0.05, 0.1) is 13.2 Å². The van der Waals surface area contributed by atoms with Crippen molar-refractivity contribution >= 4 is 0 Å². The van der Waals surface area contributed by atoms with E-state index in [1.54, 1.807) is 0 Å². The first kappa shape index (κ1) is 12.2. The lowest BCUT2D eigenvalue weighted by Gasteiger charge is -2.20. The van der Waals surface area contributed by atoms with Crippen molar-refractivity contribution < 1.29 is 10.2 Å². The molecule has 2 heteroatoms. The van der Waals surface area contributed by atoms with Gasteiger partial charge in [-0.2, -0.15) is 0 Å². The number of aliphatic hydroxyl groups excluding tert-OH is 2. The third-order valence-electron chi connectivity index (χ3n) is 2.69. The van der Waals surface area contributed by atoms with Crippen molar-refractivity contribution in [3.63, 3.8) is 0 Å². The van der Waals surface area contributed by atoms with Gasteiger partial charge in [0.15, 0.2) is 0 Å². The fourth-order valence-corrected chi connectivity index (χ4v) is 1.52. The second-order valence-electron chi connectivity index (χ2n) is 4.93. The van der Waals surface area contributed by atoms with E-state index in [1.165, 1.54) is 5.56 Å². The Kier molecular flexibility index (Phi) is 3.89. The Bertz CT molecular complexity index is 291. The molecule has 0 aliphatic heterocycles. The summed E-state index contributed by atoms with van der Waals surface area (Å²) < 4.78 is 0. The highest BCUT2D eigenvalue weighted by molar-refractivity contribution is 5.29. The van der Waals surface area contributed by atoms with Crippen LogP contribution in [0.3, 0.4) is 0 Å². The molecule has 0 amide bonds. The standard InChI is InChI=1S/C13H20O2/c1-13(2,3)12-6-4-10(5-7-12)11(8-14)9-15/h4-7,11,14-15H,8-9H2,1-3H3. The molecule has 0 spiro atoms. The van der Waals surface area contributed by atoms with E-state index in [2.05, 4.69) is 32.9 Å². The molecule has 0 aliphatic rings. The van der Waals surface area contributed by atoms with Crippen LogP contribution in [0, 0.1) is 0 Å². The Labute approximate surface area is 91.6 Å². The van der Waals surface area contributed by atoms with Crippen LogP contribution in [-0.2, 0) is 5.41 Å². The van der Waals surface area contributed by atoms with Crippen molar-refractivity contribution in [2.75, 3.05) is 13.2 Å². The zero-order valence-electron chi connectivity index (χ0n) is 9.70. The summed E-state index contributed by atoms with van der Waals surface area (Å²) >= 11 is 0. The first-order valence-electron chi connectivity index (χ1n) is 5.31. The molecule has 1 rings (SSSR count). The van der Waals surface area contributed by atoms with Crippen LogP contribution < -0.4 is 0 Å². The lowest BCUT2D eigenvalue weighted by atomic mass is 9.86. The largest absolute Gasteiger partial charge is 0.396 e. The summed E-state index contributed by atoms with van der Waals surface area (Å²) in [4.78, 5) is 0. The molecule has 0 aliphatic carbocycles. The molecule has 0 heterocycles. The number of hydrogen-bond acceptors (Lipinski definition) is 2. The van der Waals surface area contributed by atoms with Gasteiger partial charge in [0, 0.05) is 5.92 Å². The van der Waals surface area contributed by atoms with E-state index in [4.69, 9.17) is 10.2 Å². The Hall–Kier alpha value is -0.860. The van der Waals surface area contributed by atoms with E-state index in [0.717, 1.165) is 5.56 Å². The summed E-state index contributed by atoms with van der Waals surface area (Å²) in [7, 11) is 0. The van der Waals surface area contributed by atoms with Crippen molar-refractivity contribution in [3.8, 4) is 0 Å². The molecule has 1 aromatic carbocycles. The van der Waals surface area contributed by atoms with Crippen molar-refractivity contribution in [2.45, 2.75) is 32.1 Å². The molecular weight excluding hydrogens is 188 g/mol. The second kappa shape index (κ2) is 4.77. The van der Waals surface area contributed by atoms with Crippen molar-refractivity contribution in [1.29, 1.82) is 0 Å². The lowest BCUT2D eigenvalue weighted by Crippen LogP contribution is -2.12. The maximum Gasteiger partial charge on any atom is 0.0521 e. The van der Waals surface area contributed by atoms with Gasteiger partial charge in [0.2, 0.25) is 0 Å². The maximum atomic E-state index is 9.05. The van der Waals surface area contributed by atoms with Crippen molar-refractivity contribution in [2.24, 2.45) is 0 Å². The molecule has 0 atom stereocenters. The van der Waals surface area contributed by atoms with Crippen LogP contribution in [0.4, 0.5) is 0 Å². The van der Waals surface area contributed by atoms with Crippen molar-refractivity contribution in [3.05, 3.63) is 35.4 Å². The minimum absolute atomic E-state index is 0.00857. The first-order chi connectivity index (χ1) is 6.99. The molecule has 0 aromatic heterocycles. The normalized spacial score (nSPS) is 12.1. The lowest BCUT2D eigenvalue weighted by molar-refractivity contribution is 0.192. The van der Waals surface area contributed by atoms with Gasteiger partial charge in [0.25, 0.3) is 0 Å². The van der Waals surface area contributed by atoms with E-state index < -0.39 is 0 Å². The third-order valence-corrected chi connectivity index (χ3v) is 2.69. The second-order valence-corrected chi connectivity index (χ2v) is 4.93. The minimum atomic E-state index is -0.154. The first-order valence-corrected chi connectivity index (χ1v) is 5.31. The Morgan fingerprint density at radius 1 is 1.00 bits per heavy atom. The van der Waals surface area contributed by atoms with Gasteiger partial charge >= 0.3 is 0 Å². The fourth-order valence-electron chi connectivity index (χ4n) is 1.52.